The van der Waals surface area contributed by atoms with Crippen LogP contribution in [0, 0.1) is 10.1 Å². The van der Waals surface area contributed by atoms with Gasteiger partial charge in [-0.2, -0.15) is 0 Å². The molecule has 2 aromatic rings. The average Bonchev–Trinajstić information content (AvgIpc) is 2.53. The quantitative estimate of drug-likeness (QED) is 0.392. The van der Waals surface area contributed by atoms with Crippen LogP contribution in [0.15, 0.2) is 42.5 Å². The molecule has 0 radical (unpaired) electrons. The number of carbonyl (C=O) groups excluding carboxylic acids is 1. The van der Waals surface area contributed by atoms with Crippen LogP contribution in [0.4, 0.5) is 5.69 Å². The molecule has 0 aliphatic rings. The fourth-order valence-corrected chi connectivity index (χ4v) is 1.92. The van der Waals surface area contributed by atoms with Crippen molar-refractivity contribution < 1.29 is 24.7 Å². The predicted molar refractivity (Wildman–Crippen MR) is 80.6 cm³/mol. The zero-order chi connectivity index (χ0) is 17.0. The van der Waals surface area contributed by atoms with Gasteiger partial charge in [0.15, 0.2) is 5.78 Å². The number of nitro groups is 1. The molecule has 0 aliphatic heterocycles. The number of nitro benzene ring substituents is 1. The van der Waals surface area contributed by atoms with Gasteiger partial charge in [0.1, 0.15) is 11.5 Å². The van der Waals surface area contributed by atoms with E-state index in [1.807, 2.05) is 0 Å². The van der Waals surface area contributed by atoms with Crippen LogP contribution in [0.2, 0.25) is 0 Å². The summed E-state index contributed by atoms with van der Waals surface area (Å²) in [5.74, 6) is -1.44. The molecule has 118 valence electrons. The van der Waals surface area contributed by atoms with Crippen LogP contribution in [0.5, 0.6) is 17.2 Å². The molecule has 0 aromatic heterocycles. The number of ether oxygens (including phenoxy) is 1. The van der Waals surface area contributed by atoms with Crippen molar-refractivity contribution in [3.05, 3.63) is 63.7 Å². The van der Waals surface area contributed by atoms with E-state index in [9.17, 15) is 25.1 Å². The molecule has 7 nitrogen and oxygen atoms in total. The number of phenolic OH excluding ortho intramolecular Hbond substituents is 1. The van der Waals surface area contributed by atoms with Crippen LogP contribution in [-0.2, 0) is 0 Å². The molecule has 0 aliphatic carbocycles. The monoisotopic (exact) mass is 314 g/mol. The summed E-state index contributed by atoms with van der Waals surface area (Å²) in [4.78, 5) is 22.0. The van der Waals surface area contributed by atoms with Gasteiger partial charge in [-0.1, -0.05) is 18.2 Å². The Morgan fingerprint density at radius 1 is 1.30 bits per heavy atom. The minimum atomic E-state index is -0.825. The summed E-state index contributed by atoms with van der Waals surface area (Å²) >= 11 is 0. The minimum absolute atomic E-state index is 0.0442. The Balaban J connectivity index is 2.34. The van der Waals surface area contributed by atoms with Gasteiger partial charge in [-0.05, 0) is 29.8 Å². The number of ketones is 1. The lowest BCUT2D eigenvalue weighted by molar-refractivity contribution is -0.398. The lowest BCUT2D eigenvalue weighted by Gasteiger charge is -2.13. The highest BCUT2D eigenvalue weighted by Gasteiger charge is 2.12. The number of methoxy groups -OCH3 is 1. The third-order valence-corrected chi connectivity index (χ3v) is 3.03. The fourth-order valence-electron chi connectivity index (χ4n) is 1.92. The highest BCUT2D eigenvalue weighted by molar-refractivity contribution is 6.07. The molecule has 0 bridgehead atoms. The molecule has 2 rings (SSSR count). The SMILES string of the molecule is COc1cc(/C=C/C(=O)c2cccc(O)c2)cc([N+](=O)[O-])c1[O-]. The summed E-state index contributed by atoms with van der Waals surface area (Å²) in [6.07, 6.45) is 2.53. The van der Waals surface area contributed by atoms with Gasteiger partial charge in [0, 0.05) is 17.4 Å². The van der Waals surface area contributed by atoms with E-state index in [1.54, 1.807) is 0 Å². The summed E-state index contributed by atoms with van der Waals surface area (Å²) in [5, 5.41) is 31.9. The molecular formula is C16H12NO6-. The lowest BCUT2D eigenvalue weighted by Crippen LogP contribution is -2.01. The van der Waals surface area contributed by atoms with Crippen LogP contribution in [0.25, 0.3) is 6.08 Å². The normalized spacial score (nSPS) is 10.7. The van der Waals surface area contributed by atoms with Crippen LogP contribution in [0.3, 0.4) is 0 Å². The number of phenols is 1. The van der Waals surface area contributed by atoms with Crippen molar-refractivity contribution in [2.24, 2.45) is 0 Å². The molecule has 0 heterocycles. The molecule has 0 spiro atoms. The Kier molecular flexibility index (Phi) is 4.61. The molecule has 7 heteroatoms. The number of benzene rings is 2. The van der Waals surface area contributed by atoms with Crippen molar-refractivity contribution in [2.75, 3.05) is 7.11 Å². The van der Waals surface area contributed by atoms with E-state index >= 15 is 0 Å². The lowest BCUT2D eigenvalue weighted by atomic mass is 10.1. The van der Waals surface area contributed by atoms with Gasteiger partial charge >= 0.3 is 0 Å². The predicted octanol–water partition coefficient (Wildman–Crippen LogP) is 2.28. The first-order valence-electron chi connectivity index (χ1n) is 6.47. The van der Waals surface area contributed by atoms with Crippen LogP contribution >= 0.6 is 0 Å². The number of hydrogen-bond donors (Lipinski definition) is 1. The number of hydrogen-bond acceptors (Lipinski definition) is 6. The Bertz CT molecular complexity index is 797. The van der Waals surface area contributed by atoms with Gasteiger partial charge < -0.3 is 14.9 Å². The summed E-state index contributed by atoms with van der Waals surface area (Å²) in [5.41, 5.74) is -0.0846. The maximum Gasteiger partial charge on any atom is 0.266 e. The van der Waals surface area contributed by atoms with Crippen molar-refractivity contribution >= 4 is 17.5 Å². The third kappa shape index (κ3) is 3.65. The van der Waals surface area contributed by atoms with Gasteiger partial charge in [0.25, 0.3) is 5.69 Å². The Morgan fingerprint density at radius 3 is 2.65 bits per heavy atom. The molecule has 0 saturated carbocycles. The van der Waals surface area contributed by atoms with Gasteiger partial charge in [-0.3, -0.25) is 14.9 Å². The maximum atomic E-state index is 12.0. The highest BCUT2D eigenvalue weighted by Crippen LogP contribution is 2.34. The highest BCUT2D eigenvalue weighted by atomic mass is 16.6. The number of allylic oxidation sites excluding steroid dienone is 1. The summed E-state index contributed by atoms with van der Waals surface area (Å²) < 4.78 is 4.81. The zero-order valence-electron chi connectivity index (χ0n) is 12.1. The Morgan fingerprint density at radius 2 is 2.04 bits per heavy atom. The van der Waals surface area contributed by atoms with Gasteiger partial charge in [-0.15, -0.1) is 0 Å². The van der Waals surface area contributed by atoms with E-state index in [0.717, 1.165) is 6.07 Å². The Labute approximate surface area is 131 Å². The van der Waals surface area contributed by atoms with Crippen molar-refractivity contribution in [1.29, 1.82) is 0 Å². The summed E-state index contributed by atoms with van der Waals surface area (Å²) in [6, 6.07) is 8.16. The maximum absolute atomic E-state index is 12.0. The molecule has 0 amide bonds. The molecule has 23 heavy (non-hydrogen) atoms. The first-order valence-corrected chi connectivity index (χ1v) is 6.47. The van der Waals surface area contributed by atoms with Crippen molar-refractivity contribution in [3.63, 3.8) is 0 Å². The van der Waals surface area contributed by atoms with E-state index in [0.29, 0.717) is 0 Å². The second kappa shape index (κ2) is 6.61. The molecule has 0 unspecified atom stereocenters. The molecule has 2 aromatic carbocycles. The molecule has 0 saturated heterocycles. The number of carbonyl (C=O) groups is 1. The zero-order valence-corrected chi connectivity index (χ0v) is 12.1. The van der Waals surface area contributed by atoms with Gasteiger partial charge in [-0.25, -0.2) is 0 Å². The number of nitrogens with zero attached hydrogens (tertiary/aromatic N) is 1. The van der Waals surface area contributed by atoms with Crippen molar-refractivity contribution in [1.82, 2.24) is 0 Å². The van der Waals surface area contributed by atoms with Crippen molar-refractivity contribution in [2.45, 2.75) is 0 Å². The van der Waals surface area contributed by atoms with E-state index < -0.39 is 22.1 Å². The van der Waals surface area contributed by atoms with E-state index in [4.69, 9.17) is 4.74 Å². The minimum Gasteiger partial charge on any atom is -0.865 e. The smallest absolute Gasteiger partial charge is 0.266 e. The third-order valence-electron chi connectivity index (χ3n) is 3.03. The second-order valence-electron chi connectivity index (χ2n) is 4.58. The molecular weight excluding hydrogens is 302 g/mol. The van der Waals surface area contributed by atoms with Crippen LogP contribution in [-0.4, -0.2) is 22.9 Å². The number of aromatic hydroxyl groups is 1. The Hall–Kier alpha value is -3.35. The van der Waals surface area contributed by atoms with Crippen LogP contribution in [0.1, 0.15) is 15.9 Å². The standard InChI is InChI=1S/C16H13NO6/c1-23-15-8-10(7-13(16(15)20)17(21)22)5-6-14(19)11-3-2-4-12(18)9-11/h2-9,18,20H,1H3/p-1/b6-5+. The summed E-state index contributed by atoms with van der Waals surface area (Å²) in [6.45, 7) is 0. The first kappa shape index (κ1) is 16.0. The average molecular weight is 314 g/mol. The van der Waals surface area contributed by atoms with E-state index in [-0.39, 0.29) is 22.6 Å². The topological polar surface area (TPSA) is 113 Å². The van der Waals surface area contributed by atoms with Gasteiger partial charge in [0.2, 0.25) is 0 Å². The second-order valence-corrected chi connectivity index (χ2v) is 4.58. The first-order chi connectivity index (χ1) is 10.9. The van der Waals surface area contributed by atoms with E-state index in [1.165, 1.54) is 49.6 Å². The largest absolute Gasteiger partial charge is 0.865 e. The van der Waals surface area contributed by atoms with Gasteiger partial charge in [0.05, 0.1) is 12.0 Å². The number of rotatable bonds is 5. The molecule has 0 fully saturated rings. The fraction of sp³-hybridized carbons (Fsp3) is 0.0625. The van der Waals surface area contributed by atoms with Crippen LogP contribution < -0.4 is 9.84 Å². The summed E-state index contributed by atoms with van der Waals surface area (Å²) in [7, 11) is 1.23. The molecule has 0 atom stereocenters. The van der Waals surface area contributed by atoms with E-state index in [2.05, 4.69) is 0 Å². The molecule has 1 N–H and O–H groups in total. The van der Waals surface area contributed by atoms with Crippen molar-refractivity contribution in [3.8, 4) is 17.2 Å².